The van der Waals surface area contributed by atoms with Gasteiger partial charge in [-0.3, -0.25) is 0 Å². The zero-order chi connectivity index (χ0) is 17.7. The molecule has 0 aliphatic heterocycles. The highest BCUT2D eigenvalue weighted by molar-refractivity contribution is 6.33. The monoisotopic (exact) mass is 324 g/mol. The summed E-state index contributed by atoms with van der Waals surface area (Å²) in [5.41, 5.74) is 2.20. The number of hydrogen-bond acceptors (Lipinski definition) is 1. The van der Waals surface area contributed by atoms with Crippen LogP contribution < -0.4 is 0 Å². The van der Waals surface area contributed by atoms with Crippen molar-refractivity contribution in [3.05, 3.63) is 33.3 Å². The number of carbonyl (C=O) groups is 1. The first-order valence-corrected chi connectivity index (χ1v) is 8.07. The first-order chi connectivity index (χ1) is 9.58. The van der Waals surface area contributed by atoms with Crippen LogP contribution in [0, 0.1) is 0 Å². The Morgan fingerprint density at radius 3 is 1.55 bits per heavy atom. The third-order valence-electron chi connectivity index (χ3n) is 3.84. The molecule has 3 heteroatoms. The molecule has 0 spiro atoms. The predicted octanol–water partition coefficient (Wildman–Crippen LogP) is 5.93. The Hall–Kier alpha value is -1.02. The van der Waals surface area contributed by atoms with Crippen molar-refractivity contribution in [2.75, 3.05) is 0 Å². The van der Waals surface area contributed by atoms with Gasteiger partial charge in [-0.25, -0.2) is 4.79 Å². The van der Waals surface area contributed by atoms with Crippen molar-refractivity contribution in [2.24, 2.45) is 0 Å². The molecule has 0 atom stereocenters. The van der Waals surface area contributed by atoms with Gasteiger partial charge in [0.1, 0.15) is 0 Å². The van der Waals surface area contributed by atoms with Crippen molar-refractivity contribution in [1.82, 2.24) is 0 Å². The summed E-state index contributed by atoms with van der Waals surface area (Å²) in [5.74, 6) is -0.905. The lowest BCUT2D eigenvalue weighted by atomic mass is 9.72. The second-order valence-electron chi connectivity index (χ2n) is 9.09. The molecule has 1 N–H and O–H groups in total. The number of carboxylic acids is 1. The van der Waals surface area contributed by atoms with Gasteiger partial charge in [-0.05, 0) is 32.9 Å². The van der Waals surface area contributed by atoms with Crippen molar-refractivity contribution in [1.29, 1.82) is 0 Å². The van der Waals surface area contributed by atoms with Crippen LogP contribution >= 0.6 is 11.6 Å². The minimum absolute atomic E-state index is 0.145. The molecule has 0 saturated heterocycles. The molecule has 0 bridgehead atoms. The third kappa shape index (κ3) is 3.65. The van der Waals surface area contributed by atoms with Crippen LogP contribution in [0.25, 0.3) is 0 Å². The Morgan fingerprint density at radius 1 is 0.864 bits per heavy atom. The zero-order valence-corrected chi connectivity index (χ0v) is 16.1. The van der Waals surface area contributed by atoms with Crippen molar-refractivity contribution in [3.8, 4) is 0 Å². The van der Waals surface area contributed by atoms with Gasteiger partial charge in [-0.2, -0.15) is 0 Å². The van der Waals surface area contributed by atoms with Crippen LogP contribution in [-0.2, 0) is 16.2 Å². The lowest BCUT2D eigenvalue weighted by Crippen LogP contribution is -2.27. The van der Waals surface area contributed by atoms with Crippen LogP contribution in [0.15, 0.2) is 6.07 Å². The van der Waals surface area contributed by atoms with Gasteiger partial charge in [0.05, 0.1) is 5.56 Å². The maximum Gasteiger partial charge on any atom is 0.336 e. The highest BCUT2D eigenvalue weighted by atomic mass is 35.5. The number of benzene rings is 1. The fourth-order valence-electron chi connectivity index (χ4n) is 2.72. The Bertz CT molecular complexity index is 594. The molecule has 2 nitrogen and oxygen atoms in total. The lowest BCUT2D eigenvalue weighted by Gasteiger charge is -2.33. The van der Waals surface area contributed by atoms with Crippen molar-refractivity contribution < 1.29 is 9.90 Å². The number of carboxylic acid groups (broad SMARTS) is 1. The van der Waals surface area contributed by atoms with Crippen LogP contribution in [-0.4, -0.2) is 11.1 Å². The van der Waals surface area contributed by atoms with E-state index in [-0.39, 0.29) is 16.2 Å². The van der Waals surface area contributed by atoms with E-state index < -0.39 is 5.97 Å². The maximum absolute atomic E-state index is 12.0. The van der Waals surface area contributed by atoms with E-state index in [0.717, 1.165) is 16.7 Å². The molecule has 124 valence electrons. The Morgan fingerprint density at radius 2 is 1.27 bits per heavy atom. The second kappa shape index (κ2) is 5.56. The van der Waals surface area contributed by atoms with Gasteiger partial charge in [-0.1, -0.05) is 80.0 Å². The average molecular weight is 325 g/mol. The fourth-order valence-corrected chi connectivity index (χ4v) is 3.44. The van der Waals surface area contributed by atoms with E-state index in [1.165, 1.54) is 0 Å². The SMILES string of the molecule is CC(C)(C)c1cc(C(C)(C)C)c(C(=O)O)c(C(C)(C)C)c1Cl. The minimum atomic E-state index is -0.905. The molecule has 0 heterocycles. The Kier molecular flexibility index (Phi) is 4.81. The van der Waals surface area contributed by atoms with E-state index >= 15 is 0 Å². The first-order valence-electron chi connectivity index (χ1n) is 7.69. The van der Waals surface area contributed by atoms with E-state index in [1.807, 2.05) is 47.6 Å². The largest absolute Gasteiger partial charge is 0.478 e. The van der Waals surface area contributed by atoms with E-state index in [1.54, 1.807) is 0 Å². The van der Waals surface area contributed by atoms with Crippen molar-refractivity contribution in [2.45, 2.75) is 78.6 Å². The molecule has 1 rings (SSSR count). The van der Waals surface area contributed by atoms with Crippen LogP contribution in [0.5, 0.6) is 0 Å². The summed E-state index contributed by atoms with van der Waals surface area (Å²) >= 11 is 6.69. The molecule has 0 fully saturated rings. The molecule has 1 aromatic carbocycles. The smallest absolute Gasteiger partial charge is 0.336 e. The van der Waals surface area contributed by atoms with Gasteiger partial charge in [0.15, 0.2) is 0 Å². The van der Waals surface area contributed by atoms with Gasteiger partial charge >= 0.3 is 5.97 Å². The molecule has 0 aliphatic rings. The average Bonchev–Trinajstić information content (AvgIpc) is 2.22. The van der Waals surface area contributed by atoms with Gasteiger partial charge < -0.3 is 5.11 Å². The van der Waals surface area contributed by atoms with Crippen LogP contribution in [0.1, 0.15) is 89.4 Å². The minimum Gasteiger partial charge on any atom is -0.478 e. The summed E-state index contributed by atoms with van der Waals surface area (Å²) in [6, 6.07) is 1.99. The molecule has 0 saturated carbocycles. The van der Waals surface area contributed by atoms with E-state index in [4.69, 9.17) is 11.6 Å². The maximum atomic E-state index is 12.0. The standard InChI is InChI=1S/C19H29ClO2/c1-17(2,3)11-10-12(18(4,5)6)15(20)14(19(7,8)9)13(11)16(21)22/h10H,1-9H3,(H,21,22). The van der Waals surface area contributed by atoms with E-state index in [9.17, 15) is 9.90 Å². The summed E-state index contributed by atoms with van der Waals surface area (Å²) in [6.45, 7) is 18.5. The zero-order valence-electron chi connectivity index (χ0n) is 15.3. The van der Waals surface area contributed by atoms with Gasteiger partial charge in [0.25, 0.3) is 0 Å². The number of halogens is 1. The molecule has 22 heavy (non-hydrogen) atoms. The third-order valence-corrected chi connectivity index (χ3v) is 4.24. The molecular formula is C19H29ClO2. The van der Waals surface area contributed by atoms with E-state index in [0.29, 0.717) is 10.6 Å². The van der Waals surface area contributed by atoms with Crippen molar-refractivity contribution >= 4 is 17.6 Å². The molecular weight excluding hydrogens is 296 g/mol. The quantitative estimate of drug-likeness (QED) is 0.695. The Labute approximate surface area is 139 Å². The van der Waals surface area contributed by atoms with Gasteiger partial charge in [0.2, 0.25) is 0 Å². The second-order valence-corrected chi connectivity index (χ2v) is 9.47. The Balaban J connectivity index is 4.07. The highest BCUT2D eigenvalue weighted by Gasteiger charge is 2.35. The van der Waals surface area contributed by atoms with Gasteiger partial charge in [0, 0.05) is 5.02 Å². The fraction of sp³-hybridized carbons (Fsp3) is 0.632. The van der Waals surface area contributed by atoms with Crippen LogP contribution in [0.2, 0.25) is 5.02 Å². The van der Waals surface area contributed by atoms with Crippen molar-refractivity contribution in [3.63, 3.8) is 0 Å². The van der Waals surface area contributed by atoms with Crippen LogP contribution in [0.4, 0.5) is 0 Å². The molecule has 0 amide bonds. The molecule has 1 aromatic rings. The number of aromatic carboxylic acids is 1. The van der Waals surface area contributed by atoms with E-state index in [2.05, 4.69) is 20.8 Å². The highest BCUT2D eigenvalue weighted by Crippen LogP contribution is 2.43. The molecule has 0 aliphatic carbocycles. The summed E-state index contributed by atoms with van der Waals surface area (Å²) in [7, 11) is 0. The first kappa shape index (κ1) is 19.0. The lowest BCUT2D eigenvalue weighted by molar-refractivity contribution is 0.0691. The number of rotatable bonds is 1. The topological polar surface area (TPSA) is 37.3 Å². The summed E-state index contributed by atoms with van der Waals surface area (Å²) < 4.78 is 0. The molecule has 0 radical (unpaired) electrons. The summed E-state index contributed by atoms with van der Waals surface area (Å²) in [4.78, 5) is 12.0. The molecule has 0 unspecified atom stereocenters. The van der Waals surface area contributed by atoms with Gasteiger partial charge in [-0.15, -0.1) is 0 Å². The summed E-state index contributed by atoms with van der Waals surface area (Å²) in [5, 5.41) is 10.4. The normalized spacial score (nSPS) is 13.4. The summed E-state index contributed by atoms with van der Waals surface area (Å²) in [6.07, 6.45) is 0. The number of hydrogen-bond donors (Lipinski definition) is 1. The molecule has 0 aromatic heterocycles. The van der Waals surface area contributed by atoms with Crippen LogP contribution in [0.3, 0.4) is 0 Å². The predicted molar refractivity (Wildman–Crippen MR) is 94.5 cm³/mol.